The number of aromatic hydroxyl groups is 1. The molecule has 8 nitrogen and oxygen atoms in total. The molecule has 0 unspecified atom stereocenters. The van der Waals surface area contributed by atoms with Gasteiger partial charge in [-0.25, -0.2) is 9.78 Å². The van der Waals surface area contributed by atoms with Crippen LogP contribution in [0.5, 0.6) is 5.75 Å². The number of anilines is 1. The summed E-state index contributed by atoms with van der Waals surface area (Å²) < 4.78 is 4.52. The number of phenolic OH excluding ortho intramolecular Hbond substituents is 1. The van der Waals surface area contributed by atoms with Crippen molar-refractivity contribution in [2.45, 2.75) is 6.42 Å². The minimum Gasteiger partial charge on any atom is -0.508 e. The molecule has 2 aromatic rings. The zero-order valence-electron chi connectivity index (χ0n) is 12.4. The van der Waals surface area contributed by atoms with E-state index in [0.717, 1.165) is 11.6 Å². The third kappa shape index (κ3) is 4.16. The van der Waals surface area contributed by atoms with E-state index in [-0.39, 0.29) is 22.8 Å². The van der Waals surface area contributed by atoms with Crippen molar-refractivity contribution in [2.24, 2.45) is 0 Å². The largest absolute Gasteiger partial charge is 0.508 e. The van der Waals surface area contributed by atoms with Gasteiger partial charge in [0.1, 0.15) is 5.75 Å². The zero-order valence-corrected chi connectivity index (χ0v) is 12.4. The van der Waals surface area contributed by atoms with Crippen LogP contribution in [0.15, 0.2) is 36.5 Å². The Morgan fingerprint density at radius 2 is 2.22 bits per heavy atom. The number of hydrogen-bond acceptors (Lipinski definition) is 7. The number of carbonyl (C=O) groups excluding carboxylic acids is 1. The van der Waals surface area contributed by atoms with Crippen LogP contribution in [-0.4, -0.2) is 34.6 Å². The van der Waals surface area contributed by atoms with E-state index >= 15 is 0 Å². The molecule has 0 spiro atoms. The molecule has 0 fully saturated rings. The quantitative estimate of drug-likeness (QED) is 0.476. The minimum atomic E-state index is -0.688. The number of nitrogens with zero attached hydrogens (tertiary/aromatic N) is 2. The molecule has 23 heavy (non-hydrogen) atoms. The molecule has 1 aromatic heterocycles. The second-order valence-corrected chi connectivity index (χ2v) is 4.69. The van der Waals surface area contributed by atoms with Crippen LogP contribution < -0.4 is 5.32 Å². The monoisotopic (exact) mass is 317 g/mol. The van der Waals surface area contributed by atoms with E-state index in [1.807, 2.05) is 6.07 Å². The standard InChI is InChI=1S/C15H15N3O5/c1-23-15(20)11-8-13(18(21)22)14(17-9-11)16-6-5-10-3-2-4-12(19)7-10/h2-4,7-9,19H,5-6H2,1H3,(H,16,17). The van der Waals surface area contributed by atoms with Gasteiger partial charge in [0, 0.05) is 18.8 Å². The summed E-state index contributed by atoms with van der Waals surface area (Å²) in [5.74, 6) is -0.455. The fourth-order valence-electron chi connectivity index (χ4n) is 2.00. The average Bonchev–Trinajstić information content (AvgIpc) is 2.54. The van der Waals surface area contributed by atoms with Crippen LogP contribution >= 0.6 is 0 Å². The molecule has 0 radical (unpaired) electrons. The number of benzene rings is 1. The SMILES string of the molecule is COC(=O)c1cnc(NCCc2cccc(O)c2)c([N+](=O)[O-])c1. The fourth-order valence-corrected chi connectivity index (χ4v) is 2.00. The predicted molar refractivity (Wildman–Crippen MR) is 82.5 cm³/mol. The first-order chi connectivity index (χ1) is 11.0. The molecule has 0 aliphatic carbocycles. The molecule has 8 heteroatoms. The number of esters is 1. The second kappa shape index (κ2) is 7.21. The van der Waals surface area contributed by atoms with Crippen LogP contribution in [0.1, 0.15) is 15.9 Å². The maximum absolute atomic E-state index is 11.4. The van der Waals surface area contributed by atoms with Crippen LogP contribution in [0.4, 0.5) is 11.5 Å². The van der Waals surface area contributed by atoms with E-state index in [2.05, 4.69) is 15.0 Å². The number of pyridine rings is 1. The first-order valence-electron chi connectivity index (χ1n) is 6.76. The van der Waals surface area contributed by atoms with Crippen molar-refractivity contribution in [3.63, 3.8) is 0 Å². The molecule has 0 saturated carbocycles. The fraction of sp³-hybridized carbons (Fsp3) is 0.200. The first kappa shape index (κ1) is 16.2. The van der Waals surface area contributed by atoms with Gasteiger partial charge in [0.15, 0.2) is 0 Å². The number of methoxy groups -OCH3 is 1. The summed E-state index contributed by atoms with van der Waals surface area (Å²) in [5, 5.41) is 23.3. The van der Waals surface area contributed by atoms with E-state index in [1.54, 1.807) is 18.2 Å². The highest BCUT2D eigenvalue weighted by molar-refractivity contribution is 5.90. The summed E-state index contributed by atoms with van der Waals surface area (Å²) in [4.78, 5) is 25.8. The molecule has 1 aromatic carbocycles. The number of ether oxygens (including phenoxy) is 1. The smallest absolute Gasteiger partial charge is 0.339 e. The zero-order chi connectivity index (χ0) is 16.8. The highest BCUT2D eigenvalue weighted by Crippen LogP contribution is 2.23. The van der Waals surface area contributed by atoms with Crippen LogP contribution in [0.2, 0.25) is 0 Å². The summed E-state index contributed by atoms with van der Waals surface area (Å²) in [5.41, 5.74) is 0.591. The van der Waals surface area contributed by atoms with Crippen LogP contribution in [-0.2, 0) is 11.2 Å². The van der Waals surface area contributed by atoms with E-state index in [0.29, 0.717) is 13.0 Å². The molecule has 2 N–H and O–H groups in total. The van der Waals surface area contributed by atoms with Gasteiger partial charge >= 0.3 is 11.7 Å². The Morgan fingerprint density at radius 1 is 1.43 bits per heavy atom. The Balaban J connectivity index is 2.10. The normalized spacial score (nSPS) is 10.1. The lowest BCUT2D eigenvalue weighted by atomic mass is 10.1. The van der Waals surface area contributed by atoms with Gasteiger partial charge in [-0.15, -0.1) is 0 Å². The molecule has 2 rings (SSSR count). The highest BCUT2D eigenvalue weighted by Gasteiger charge is 2.19. The van der Waals surface area contributed by atoms with Crippen LogP contribution in [0.25, 0.3) is 0 Å². The van der Waals surface area contributed by atoms with E-state index in [1.165, 1.54) is 13.3 Å². The van der Waals surface area contributed by atoms with E-state index in [4.69, 9.17) is 0 Å². The van der Waals surface area contributed by atoms with Gasteiger partial charge in [0.2, 0.25) is 5.82 Å². The molecule has 0 aliphatic heterocycles. The average molecular weight is 317 g/mol. The van der Waals surface area contributed by atoms with Crippen molar-refractivity contribution >= 4 is 17.5 Å². The van der Waals surface area contributed by atoms with Crippen molar-refractivity contribution in [1.82, 2.24) is 4.98 Å². The number of hydrogen-bond donors (Lipinski definition) is 2. The third-order valence-corrected chi connectivity index (χ3v) is 3.10. The Kier molecular flexibility index (Phi) is 5.08. The lowest BCUT2D eigenvalue weighted by molar-refractivity contribution is -0.384. The van der Waals surface area contributed by atoms with Crippen molar-refractivity contribution in [2.75, 3.05) is 19.0 Å². The maximum Gasteiger partial charge on any atom is 0.339 e. The number of nitrogens with one attached hydrogen (secondary N) is 1. The molecule has 0 atom stereocenters. The Hall–Kier alpha value is -3.16. The summed E-state index contributed by atoms with van der Waals surface area (Å²) in [6.07, 6.45) is 1.77. The summed E-state index contributed by atoms with van der Waals surface area (Å²) in [6.45, 7) is 0.384. The summed E-state index contributed by atoms with van der Waals surface area (Å²) in [6, 6.07) is 7.86. The molecule has 0 saturated heterocycles. The van der Waals surface area contributed by atoms with Gasteiger partial charge < -0.3 is 15.2 Å². The summed E-state index contributed by atoms with van der Waals surface area (Å²) in [7, 11) is 1.19. The van der Waals surface area contributed by atoms with Gasteiger partial charge in [-0.05, 0) is 24.1 Å². The van der Waals surface area contributed by atoms with Crippen molar-refractivity contribution in [3.8, 4) is 5.75 Å². The van der Waals surface area contributed by atoms with Gasteiger partial charge in [-0.2, -0.15) is 0 Å². The first-order valence-corrected chi connectivity index (χ1v) is 6.76. The number of carbonyl (C=O) groups is 1. The number of phenols is 1. The topological polar surface area (TPSA) is 115 Å². The Morgan fingerprint density at radius 3 is 2.87 bits per heavy atom. The highest BCUT2D eigenvalue weighted by atomic mass is 16.6. The lowest BCUT2D eigenvalue weighted by Gasteiger charge is -2.07. The van der Waals surface area contributed by atoms with Crippen molar-refractivity contribution in [1.29, 1.82) is 0 Å². The van der Waals surface area contributed by atoms with Gasteiger partial charge in [0.25, 0.3) is 0 Å². The number of aromatic nitrogens is 1. The minimum absolute atomic E-state index is 0.0118. The molecule has 0 bridgehead atoms. The Bertz CT molecular complexity index is 733. The van der Waals surface area contributed by atoms with Gasteiger partial charge in [-0.3, -0.25) is 10.1 Å². The number of nitro groups is 1. The van der Waals surface area contributed by atoms with E-state index in [9.17, 15) is 20.0 Å². The van der Waals surface area contributed by atoms with Crippen molar-refractivity contribution in [3.05, 3.63) is 57.8 Å². The van der Waals surface area contributed by atoms with Crippen LogP contribution in [0, 0.1) is 10.1 Å². The van der Waals surface area contributed by atoms with E-state index < -0.39 is 10.9 Å². The van der Waals surface area contributed by atoms with Crippen LogP contribution in [0.3, 0.4) is 0 Å². The summed E-state index contributed by atoms with van der Waals surface area (Å²) >= 11 is 0. The second-order valence-electron chi connectivity index (χ2n) is 4.69. The molecule has 1 heterocycles. The predicted octanol–water partition coefficient (Wildman–Crippen LogP) is 2.14. The number of rotatable bonds is 6. The Labute approximate surface area is 131 Å². The molecule has 120 valence electrons. The lowest BCUT2D eigenvalue weighted by Crippen LogP contribution is -2.10. The molecular formula is C15H15N3O5. The molecular weight excluding hydrogens is 302 g/mol. The van der Waals surface area contributed by atoms with Crippen molar-refractivity contribution < 1.29 is 19.6 Å². The maximum atomic E-state index is 11.4. The molecule has 0 aliphatic rings. The third-order valence-electron chi connectivity index (χ3n) is 3.10. The molecule has 0 amide bonds. The van der Waals surface area contributed by atoms with Gasteiger partial charge in [-0.1, -0.05) is 12.1 Å². The van der Waals surface area contributed by atoms with Gasteiger partial charge in [0.05, 0.1) is 17.6 Å².